The van der Waals surface area contributed by atoms with Crippen LogP contribution in [0.15, 0.2) is 18.5 Å². The molecule has 0 saturated heterocycles. The number of hydrogen-bond donors (Lipinski definition) is 1. The van der Waals surface area contributed by atoms with Gasteiger partial charge >= 0.3 is 0 Å². The van der Waals surface area contributed by atoms with E-state index in [4.69, 9.17) is 5.26 Å². The Bertz CT molecular complexity index is 468. The Morgan fingerprint density at radius 3 is 3.17 bits per heavy atom. The number of rotatable bonds is 0. The van der Waals surface area contributed by atoms with Crippen molar-refractivity contribution < 1.29 is 5.11 Å². The van der Waals surface area contributed by atoms with Gasteiger partial charge < -0.3 is 5.11 Å². The van der Waals surface area contributed by atoms with Crippen LogP contribution in [0.25, 0.3) is 5.65 Å². The van der Waals surface area contributed by atoms with Crippen LogP contribution in [-0.2, 0) is 0 Å². The van der Waals surface area contributed by atoms with Gasteiger partial charge in [-0.05, 0) is 0 Å². The van der Waals surface area contributed by atoms with E-state index in [1.807, 2.05) is 6.07 Å². The molecule has 2 aromatic rings. The molecule has 5 nitrogen and oxygen atoms in total. The van der Waals surface area contributed by atoms with E-state index >= 15 is 0 Å². The Hall–Kier alpha value is -2.09. The first-order chi connectivity index (χ1) is 5.83. The Morgan fingerprint density at radius 2 is 2.42 bits per heavy atom. The van der Waals surface area contributed by atoms with Crippen molar-refractivity contribution in [3.63, 3.8) is 0 Å². The fourth-order valence-corrected chi connectivity index (χ4v) is 0.958. The van der Waals surface area contributed by atoms with Crippen LogP contribution in [0.4, 0.5) is 0 Å². The van der Waals surface area contributed by atoms with Gasteiger partial charge in [-0.25, -0.2) is 4.98 Å². The van der Waals surface area contributed by atoms with Crippen molar-refractivity contribution in [1.29, 1.82) is 5.26 Å². The summed E-state index contributed by atoms with van der Waals surface area (Å²) in [4.78, 5) is 3.89. The summed E-state index contributed by atoms with van der Waals surface area (Å²) in [5, 5.41) is 21.6. The zero-order valence-electron chi connectivity index (χ0n) is 5.97. The molecule has 58 valence electrons. The summed E-state index contributed by atoms with van der Waals surface area (Å²) in [5.41, 5.74) is 0.725. The van der Waals surface area contributed by atoms with Gasteiger partial charge in [0.15, 0.2) is 5.65 Å². The molecule has 0 aromatic carbocycles. The number of fused-ring (bicyclic) bond motifs is 1. The van der Waals surface area contributed by atoms with Crippen molar-refractivity contribution in [2.24, 2.45) is 0 Å². The van der Waals surface area contributed by atoms with Crippen LogP contribution >= 0.6 is 0 Å². The predicted molar refractivity (Wildman–Crippen MR) is 39.4 cm³/mol. The maximum Gasteiger partial charge on any atom is 0.215 e. The summed E-state index contributed by atoms with van der Waals surface area (Å²) in [6, 6.07) is 3.32. The quantitative estimate of drug-likeness (QED) is 0.601. The molecule has 12 heavy (non-hydrogen) atoms. The molecule has 0 fully saturated rings. The largest absolute Gasteiger partial charge is 0.493 e. The fraction of sp³-hybridized carbons (Fsp3) is 0. The molecule has 2 rings (SSSR count). The minimum Gasteiger partial charge on any atom is -0.493 e. The third kappa shape index (κ3) is 0.720. The first-order valence-electron chi connectivity index (χ1n) is 3.25. The highest BCUT2D eigenvalue weighted by molar-refractivity contribution is 5.54. The predicted octanol–water partition coefficient (Wildman–Crippen LogP) is 0.307. The van der Waals surface area contributed by atoms with Crippen LogP contribution < -0.4 is 0 Å². The normalized spacial score (nSPS) is 9.92. The molecule has 0 saturated carbocycles. The molecule has 0 atom stereocenters. The van der Waals surface area contributed by atoms with Crippen molar-refractivity contribution >= 4 is 5.65 Å². The van der Waals surface area contributed by atoms with Gasteiger partial charge in [-0.2, -0.15) is 14.9 Å². The van der Waals surface area contributed by atoms with Crippen molar-refractivity contribution in [2.75, 3.05) is 0 Å². The first-order valence-corrected chi connectivity index (χ1v) is 3.25. The summed E-state index contributed by atoms with van der Waals surface area (Å²) in [6.45, 7) is 0. The summed E-state index contributed by atoms with van der Waals surface area (Å²) in [6.07, 6.45) is 2.79. The molecular weight excluding hydrogens is 156 g/mol. The number of aromatic nitrogens is 3. The number of hydrogen-bond acceptors (Lipinski definition) is 4. The van der Waals surface area contributed by atoms with Gasteiger partial charge in [-0.3, -0.25) is 0 Å². The zero-order valence-corrected chi connectivity index (χ0v) is 5.97. The molecule has 2 aromatic heterocycles. The van der Waals surface area contributed by atoms with E-state index in [1.165, 1.54) is 23.0 Å². The lowest BCUT2D eigenvalue weighted by molar-refractivity contribution is 0.435. The zero-order chi connectivity index (χ0) is 8.55. The van der Waals surface area contributed by atoms with Crippen LogP contribution in [0, 0.1) is 11.3 Å². The molecular formula is C7H4N4O. The average Bonchev–Trinajstić information content (AvgIpc) is 2.49. The molecule has 0 aliphatic rings. The highest BCUT2D eigenvalue weighted by Gasteiger charge is 2.05. The molecule has 0 radical (unpaired) electrons. The second-order valence-electron chi connectivity index (χ2n) is 2.21. The molecule has 1 N–H and O–H groups in total. The Balaban J connectivity index is 2.91. The van der Waals surface area contributed by atoms with Gasteiger partial charge in [0.25, 0.3) is 0 Å². The highest BCUT2D eigenvalue weighted by Crippen LogP contribution is 2.12. The monoisotopic (exact) mass is 160 g/mol. The minimum absolute atomic E-state index is 0.0264. The van der Waals surface area contributed by atoms with Gasteiger partial charge in [0.05, 0.1) is 6.20 Å². The topological polar surface area (TPSA) is 74.2 Å². The molecule has 2 heterocycles. The van der Waals surface area contributed by atoms with E-state index in [1.54, 1.807) is 0 Å². The lowest BCUT2D eigenvalue weighted by atomic mass is 10.4. The van der Waals surface area contributed by atoms with Gasteiger partial charge in [0, 0.05) is 12.3 Å². The maximum atomic E-state index is 9.23. The second-order valence-corrected chi connectivity index (χ2v) is 2.21. The molecule has 0 bridgehead atoms. The fourth-order valence-electron chi connectivity index (χ4n) is 0.958. The van der Waals surface area contributed by atoms with Crippen molar-refractivity contribution in [3.8, 4) is 11.9 Å². The molecule has 0 aliphatic heterocycles. The minimum atomic E-state index is -0.0264. The van der Waals surface area contributed by atoms with Crippen molar-refractivity contribution in [1.82, 2.24) is 14.6 Å². The van der Waals surface area contributed by atoms with Crippen molar-refractivity contribution in [3.05, 3.63) is 24.0 Å². The summed E-state index contributed by atoms with van der Waals surface area (Å²) in [7, 11) is 0. The van der Waals surface area contributed by atoms with E-state index in [0.717, 1.165) is 0 Å². The van der Waals surface area contributed by atoms with Gasteiger partial charge in [-0.1, -0.05) is 0 Å². The summed E-state index contributed by atoms with van der Waals surface area (Å²) >= 11 is 0. The molecule has 0 amide bonds. The number of nitrogens with zero attached hydrogens (tertiary/aromatic N) is 4. The number of nitriles is 1. The third-order valence-electron chi connectivity index (χ3n) is 1.50. The Kier molecular flexibility index (Phi) is 1.21. The highest BCUT2D eigenvalue weighted by atomic mass is 16.3. The van der Waals surface area contributed by atoms with E-state index < -0.39 is 0 Å². The lowest BCUT2D eigenvalue weighted by Crippen LogP contribution is -1.89. The smallest absolute Gasteiger partial charge is 0.215 e. The first kappa shape index (κ1) is 6.61. The van der Waals surface area contributed by atoms with Crippen LogP contribution in [0.1, 0.15) is 5.56 Å². The van der Waals surface area contributed by atoms with E-state index in [0.29, 0.717) is 11.2 Å². The summed E-state index contributed by atoms with van der Waals surface area (Å²) in [5.74, 6) is -0.0264. The lowest BCUT2D eigenvalue weighted by Gasteiger charge is -1.93. The molecule has 5 heteroatoms. The standard InChI is InChI=1S/C7H4N4O/c8-3-5-4-10-11-6(12)1-2-9-7(5)11/h1-2,4,12H. The maximum absolute atomic E-state index is 9.23. The van der Waals surface area contributed by atoms with E-state index in [-0.39, 0.29) is 5.88 Å². The van der Waals surface area contributed by atoms with Crippen LogP contribution in [0.5, 0.6) is 5.88 Å². The average molecular weight is 160 g/mol. The van der Waals surface area contributed by atoms with Crippen molar-refractivity contribution in [2.45, 2.75) is 0 Å². The third-order valence-corrected chi connectivity index (χ3v) is 1.50. The van der Waals surface area contributed by atoms with Crippen LogP contribution in [-0.4, -0.2) is 19.7 Å². The van der Waals surface area contributed by atoms with Gasteiger partial charge in [0.1, 0.15) is 11.6 Å². The van der Waals surface area contributed by atoms with E-state index in [9.17, 15) is 5.11 Å². The van der Waals surface area contributed by atoms with Crippen LogP contribution in [0.2, 0.25) is 0 Å². The van der Waals surface area contributed by atoms with Gasteiger partial charge in [-0.15, -0.1) is 0 Å². The van der Waals surface area contributed by atoms with Gasteiger partial charge in [0.2, 0.25) is 5.88 Å². The SMILES string of the molecule is N#Cc1cnn2c(O)ccnc12. The van der Waals surface area contributed by atoms with E-state index in [2.05, 4.69) is 10.1 Å². The number of aromatic hydroxyl groups is 1. The second kappa shape index (κ2) is 2.20. The Morgan fingerprint density at radius 1 is 1.58 bits per heavy atom. The van der Waals surface area contributed by atoms with Crippen LogP contribution in [0.3, 0.4) is 0 Å². The molecule has 0 spiro atoms. The summed E-state index contributed by atoms with van der Waals surface area (Å²) < 4.78 is 1.21. The molecule has 0 unspecified atom stereocenters. The molecule has 0 aliphatic carbocycles. The Labute approximate surface area is 67.5 Å².